The van der Waals surface area contributed by atoms with Gasteiger partial charge in [0.25, 0.3) is 0 Å². The molecule has 2 N–H and O–H groups in total. The lowest BCUT2D eigenvalue weighted by atomic mass is 10.2. The maximum Gasteiger partial charge on any atom is 0.333 e. The number of unbranched alkanes of at least 4 members (excludes halogenated alkanes) is 1. The molecule has 0 aliphatic rings. The number of nitrogens with zero attached hydrogens (tertiary/aromatic N) is 1. The van der Waals surface area contributed by atoms with E-state index in [0.717, 1.165) is 24.1 Å². The Hall–Kier alpha value is -2.49. The summed E-state index contributed by atoms with van der Waals surface area (Å²) in [6, 6.07) is 19.8. The summed E-state index contributed by atoms with van der Waals surface area (Å²) in [6.45, 7) is 3.41. The van der Waals surface area contributed by atoms with Crippen molar-refractivity contribution >= 4 is 11.7 Å². The van der Waals surface area contributed by atoms with Crippen LogP contribution in [0, 0.1) is 0 Å². The number of rotatable bonds is 7. The number of para-hydroxylation sites is 1. The van der Waals surface area contributed by atoms with Crippen LogP contribution in [0.1, 0.15) is 25.3 Å². The number of amides is 2. The zero-order chi connectivity index (χ0) is 15.6. The molecule has 4 nitrogen and oxygen atoms in total. The monoisotopic (exact) mass is 297 g/mol. The lowest BCUT2D eigenvalue weighted by molar-refractivity contribution is 0.239. The molecule has 0 fully saturated rings. The van der Waals surface area contributed by atoms with Crippen LogP contribution in [0.3, 0.4) is 0 Å². The maximum atomic E-state index is 12.0. The lowest BCUT2D eigenvalue weighted by Gasteiger charge is -2.25. The fraction of sp³-hybridized carbons (Fsp3) is 0.278. The third kappa shape index (κ3) is 5.13. The highest BCUT2D eigenvalue weighted by molar-refractivity contribution is 5.76. The fourth-order valence-corrected chi connectivity index (χ4v) is 2.11. The van der Waals surface area contributed by atoms with Crippen molar-refractivity contribution in [3.05, 3.63) is 66.2 Å². The van der Waals surface area contributed by atoms with E-state index in [-0.39, 0.29) is 6.03 Å². The summed E-state index contributed by atoms with van der Waals surface area (Å²) in [5.41, 5.74) is 5.02. The van der Waals surface area contributed by atoms with Gasteiger partial charge in [-0.05, 0) is 24.1 Å². The fourth-order valence-electron chi connectivity index (χ4n) is 2.11. The van der Waals surface area contributed by atoms with E-state index in [1.165, 1.54) is 0 Å². The van der Waals surface area contributed by atoms with E-state index >= 15 is 0 Å². The molecule has 22 heavy (non-hydrogen) atoms. The van der Waals surface area contributed by atoms with Crippen LogP contribution in [0.25, 0.3) is 0 Å². The molecule has 0 atom stereocenters. The summed E-state index contributed by atoms with van der Waals surface area (Å²) < 4.78 is 0. The predicted octanol–water partition coefficient (Wildman–Crippen LogP) is 3.71. The van der Waals surface area contributed by atoms with Crippen molar-refractivity contribution in [1.82, 2.24) is 10.7 Å². The lowest BCUT2D eigenvalue weighted by Crippen LogP contribution is -2.47. The number of hydrogen-bond acceptors (Lipinski definition) is 2. The molecule has 0 aliphatic heterocycles. The van der Waals surface area contributed by atoms with Gasteiger partial charge in [-0.15, -0.1) is 0 Å². The normalized spacial score (nSPS) is 10.0. The van der Waals surface area contributed by atoms with Crippen LogP contribution < -0.4 is 15.8 Å². The SMILES string of the molecule is CCCCNC(=O)NN(Cc1ccccc1)c1ccccc1. The van der Waals surface area contributed by atoms with E-state index in [1.807, 2.05) is 65.7 Å². The number of hydrazine groups is 1. The molecule has 4 heteroatoms. The van der Waals surface area contributed by atoms with Gasteiger partial charge in [-0.1, -0.05) is 61.9 Å². The zero-order valence-electron chi connectivity index (χ0n) is 13.0. The zero-order valence-corrected chi connectivity index (χ0v) is 13.0. The number of carbonyl (C=O) groups excluding carboxylic acids is 1. The molecule has 2 aromatic carbocycles. The molecule has 0 saturated carbocycles. The van der Waals surface area contributed by atoms with Gasteiger partial charge in [-0.3, -0.25) is 5.01 Å². The molecule has 2 rings (SSSR count). The second-order valence-electron chi connectivity index (χ2n) is 5.13. The third-order valence-electron chi connectivity index (χ3n) is 3.30. The van der Waals surface area contributed by atoms with Crippen LogP contribution in [0.15, 0.2) is 60.7 Å². The van der Waals surface area contributed by atoms with Crippen molar-refractivity contribution in [2.45, 2.75) is 26.3 Å². The molecule has 116 valence electrons. The van der Waals surface area contributed by atoms with Crippen LogP contribution in [-0.4, -0.2) is 12.6 Å². The van der Waals surface area contributed by atoms with Crippen LogP contribution in [0.4, 0.5) is 10.5 Å². The number of urea groups is 1. The van der Waals surface area contributed by atoms with E-state index in [1.54, 1.807) is 0 Å². The van der Waals surface area contributed by atoms with Crippen molar-refractivity contribution in [3.8, 4) is 0 Å². The second kappa shape index (κ2) is 8.72. The highest BCUT2D eigenvalue weighted by atomic mass is 16.2. The quantitative estimate of drug-likeness (QED) is 0.604. The molecular formula is C18H23N3O. The predicted molar refractivity (Wildman–Crippen MR) is 90.5 cm³/mol. The average molecular weight is 297 g/mol. The third-order valence-corrected chi connectivity index (χ3v) is 3.30. The molecule has 0 saturated heterocycles. The molecule has 2 amide bonds. The minimum absolute atomic E-state index is 0.173. The van der Waals surface area contributed by atoms with Crippen molar-refractivity contribution in [3.63, 3.8) is 0 Å². The van der Waals surface area contributed by atoms with Crippen LogP contribution in [-0.2, 0) is 6.54 Å². The Morgan fingerprint density at radius 2 is 1.64 bits per heavy atom. The first-order valence-electron chi connectivity index (χ1n) is 7.70. The Kier molecular flexibility index (Phi) is 6.30. The van der Waals surface area contributed by atoms with E-state index in [9.17, 15) is 4.79 Å². The number of nitrogens with one attached hydrogen (secondary N) is 2. The van der Waals surface area contributed by atoms with Gasteiger partial charge in [0.1, 0.15) is 0 Å². The van der Waals surface area contributed by atoms with E-state index in [0.29, 0.717) is 13.1 Å². The van der Waals surface area contributed by atoms with E-state index < -0.39 is 0 Å². The van der Waals surface area contributed by atoms with Crippen molar-refractivity contribution in [2.24, 2.45) is 0 Å². The minimum atomic E-state index is -0.173. The highest BCUT2D eigenvalue weighted by Crippen LogP contribution is 2.14. The Balaban J connectivity index is 2.04. The Labute approximate surface area is 132 Å². The molecule has 0 bridgehead atoms. The number of hydrogen-bond donors (Lipinski definition) is 2. The van der Waals surface area contributed by atoms with Crippen molar-refractivity contribution < 1.29 is 4.79 Å². The Morgan fingerprint density at radius 1 is 1.00 bits per heavy atom. The van der Waals surface area contributed by atoms with Crippen LogP contribution in [0.2, 0.25) is 0 Å². The average Bonchev–Trinajstić information content (AvgIpc) is 2.56. The Morgan fingerprint density at radius 3 is 2.27 bits per heavy atom. The summed E-state index contributed by atoms with van der Waals surface area (Å²) in [5.74, 6) is 0. The number of carbonyl (C=O) groups is 1. The van der Waals surface area contributed by atoms with Gasteiger partial charge in [0.15, 0.2) is 0 Å². The summed E-state index contributed by atoms with van der Waals surface area (Å²) in [7, 11) is 0. The molecule has 0 aromatic heterocycles. The van der Waals surface area contributed by atoms with Gasteiger partial charge in [0.05, 0.1) is 12.2 Å². The van der Waals surface area contributed by atoms with E-state index in [4.69, 9.17) is 0 Å². The minimum Gasteiger partial charge on any atom is -0.337 e. The Bertz CT molecular complexity index is 557. The van der Waals surface area contributed by atoms with Crippen molar-refractivity contribution in [1.29, 1.82) is 0 Å². The number of benzene rings is 2. The standard InChI is InChI=1S/C18H23N3O/c1-2-3-14-19-18(22)20-21(17-12-8-5-9-13-17)15-16-10-6-4-7-11-16/h4-13H,2-3,14-15H2,1H3,(H2,19,20,22). The second-order valence-corrected chi connectivity index (χ2v) is 5.13. The molecule has 0 radical (unpaired) electrons. The number of anilines is 1. The first-order valence-corrected chi connectivity index (χ1v) is 7.70. The topological polar surface area (TPSA) is 44.4 Å². The van der Waals surface area contributed by atoms with Gasteiger partial charge >= 0.3 is 6.03 Å². The van der Waals surface area contributed by atoms with E-state index in [2.05, 4.69) is 17.7 Å². The van der Waals surface area contributed by atoms with Crippen molar-refractivity contribution in [2.75, 3.05) is 11.6 Å². The van der Waals surface area contributed by atoms with Crippen LogP contribution in [0.5, 0.6) is 0 Å². The maximum absolute atomic E-state index is 12.0. The summed E-state index contributed by atoms with van der Waals surface area (Å²) in [5, 5.41) is 4.74. The highest BCUT2D eigenvalue weighted by Gasteiger charge is 2.10. The summed E-state index contributed by atoms with van der Waals surface area (Å²) >= 11 is 0. The first-order chi connectivity index (χ1) is 10.8. The summed E-state index contributed by atoms with van der Waals surface area (Å²) in [4.78, 5) is 12.0. The van der Waals surface area contributed by atoms with Crippen LogP contribution >= 0.6 is 0 Å². The molecule has 0 aliphatic carbocycles. The molecule has 2 aromatic rings. The largest absolute Gasteiger partial charge is 0.337 e. The van der Waals surface area contributed by atoms with Gasteiger partial charge in [0.2, 0.25) is 0 Å². The van der Waals surface area contributed by atoms with Gasteiger partial charge in [-0.2, -0.15) is 0 Å². The molecule has 0 heterocycles. The molecule has 0 unspecified atom stereocenters. The molecule has 0 spiro atoms. The van der Waals surface area contributed by atoms with Gasteiger partial charge in [0, 0.05) is 6.54 Å². The summed E-state index contributed by atoms with van der Waals surface area (Å²) in [6.07, 6.45) is 2.05. The van der Waals surface area contributed by atoms with Gasteiger partial charge in [-0.25, -0.2) is 10.2 Å². The first kappa shape index (κ1) is 15.9. The van der Waals surface area contributed by atoms with Gasteiger partial charge < -0.3 is 5.32 Å². The smallest absolute Gasteiger partial charge is 0.333 e. The molecular weight excluding hydrogens is 274 g/mol.